The van der Waals surface area contributed by atoms with Crippen molar-refractivity contribution in [3.8, 4) is 0 Å². The number of benzene rings is 1. The van der Waals surface area contributed by atoms with Crippen molar-refractivity contribution in [2.75, 3.05) is 51.2 Å². The fraction of sp³-hybridized carbons (Fsp3) is 0.500. The molecule has 1 atom stereocenters. The summed E-state index contributed by atoms with van der Waals surface area (Å²) in [5.41, 5.74) is 1.70. The molecule has 8 nitrogen and oxygen atoms in total. The van der Waals surface area contributed by atoms with Crippen molar-refractivity contribution in [1.29, 1.82) is 0 Å². The van der Waals surface area contributed by atoms with Gasteiger partial charge in [-0.25, -0.2) is 12.8 Å². The topological polar surface area (TPSA) is 85.8 Å². The van der Waals surface area contributed by atoms with Crippen molar-refractivity contribution >= 4 is 21.6 Å². The van der Waals surface area contributed by atoms with Crippen LogP contribution in [0, 0.1) is 11.7 Å². The number of aromatic nitrogens is 1. The maximum absolute atomic E-state index is 14.1. The second-order valence-corrected chi connectivity index (χ2v) is 11.0. The first-order valence-corrected chi connectivity index (χ1v) is 13.1. The van der Waals surface area contributed by atoms with E-state index in [0.29, 0.717) is 12.8 Å². The lowest BCUT2D eigenvalue weighted by molar-refractivity contribution is -0.126. The Balaban J connectivity index is 1.39. The maximum atomic E-state index is 14.1. The first-order valence-electron chi connectivity index (χ1n) is 11.7. The lowest BCUT2D eigenvalue weighted by Crippen LogP contribution is -2.45. The normalized spacial score (nSPS) is 19.7. The first-order chi connectivity index (χ1) is 16.3. The van der Waals surface area contributed by atoms with E-state index in [0.717, 1.165) is 37.4 Å². The molecule has 1 aromatic carbocycles. The highest BCUT2D eigenvalue weighted by molar-refractivity contribution is 7.89. The lowest BCUT2D eigenvalue weighted by atomic mass is 9.96. The summed E-state index contributed by atoms with van der Waals surface area (Å²) in [5, 5.41) is 3.05. The zero-order valence-corrected chi connectivity index (χ0v) is 20.5. The van der Waals surface area contributed by atoms with E-state index in [-0.39, 0.29) is 41.7 Å². The quantitative estimate of drug-likeness (QED) is 0.670. The van der Waals surface area contributed by atoms with Crippen LogP contribution >= 0.6 is 0 Å². The van der Waals surface area contributed by atoms with Crippen molar-refractivity contribution in [3.05, 3.63) is 54.1 Å². The van der Waals surface area contributed by atoms with Crippen molar-refractivity contribution < 1.29 is 17.6 Å². The van der Waals surface area contributed by atoms with E-state index in [1.165, 1.54) is 34.9 Å². The number of likely N-dealkylation sites (N-methyl/N-ethyl adjacent to an activating group) is 1. The largest absolute Gasteiger partial charge is 0.369 e. The molecule has 2 aromatic rings. The number of hydrogen-bond donors (Lipinski definition) is 1. The summed E-state index contributed by atoms with van der Waals surface area (Å²) < 4.78 is 41.1. The van der Waals surface area contributed by atoms with Crippen LogP contribution in [0.4, 0.5) is 10.1 Å². The summed E-state index contributed by atoms with van der Waals surface area (Å²) in [4.78, 5) is 21.6. The average molecular weight is 490 g/mol. The number of nitrogens with one attached hydrogen (secondary N) is 1. The number of piperazine rings is 1. The predicted molar refractivity (Wildman–Crippen MR) is 128 cm³/mol. The van der Waals surface area contributed by atoms with Crippen LogP contribution in [-0.4, -0.2) is 74.8 Å². The Labute approximate surface area is 200 Å². The molecule has 1 aromatic heterocycles. The Hall–Kier alpha value is -2.56. The fourth-order valence-electron chi connectivity index (χ4n) is 4.62. The maximum Gasteiger partial charge on any atom is 0.244 e. The summed E-state index contributed by atoms with van der Waals surface area (Å²) in [5.74, 6) is -0.745. The van der Waals surface area contributed by atoms with E-state index < -0.39 is 10.0 Å². The van der Waals surface area contributed by atoms with Gasteiger partial charge >= 0.3 is 0 Å². The molecule has 0 bridgehead atoms. The number of amides is 1. The number of piperidine rings is 1. The van der Waals surface area contributed by atoms with E-state index in [4.69, 9.17) is 0 Å². The third-order valence-corrected chi connectivity index (χ3v) is 8.64. The van der Waals surface area contributed by atoms with Crippen molar-refractivity contribution in [2.45, 2.75) is 30.7 Å². The number of anilines is 1. The summed E-state index contributed by atoms with van der Waals surface area (Å²) in [6.45, 7) is 5.97. The molecule has 4 rings (SSSR count). The van der Waals surface area contributed by atoms with Gasteiger partial charge in [0.15, 0.2) is 0 Å². The molecule has 2 saturated heterocycles. The zero-order chi connectivity index (χ0) is 24.3. The molecule has 10 heteroatoms. The zero-order valence-electron chi connectivity index (χ0n) is 19.7. The monoisotopic (exact) mass is 489 g/mol. The van der Waals surface area contributed by atoms with Crippen LogP contribution < -0.4 is 10.2 Å². The Morgan fingerprint density at radius 2 is 1.82 bits per heavy atom. The Kier molecular flexibility index (Phi) is 7.49. The highest BCUT2D eigenvalue weighted by Gasteiger charge is 2.33. The van der Waals surface area contributed by atoms with Gasteiger partial charge in [0, 0.05) is 68.8 Å². The number of carbonyl (C=O) groups excluding carboxylic acids is 1. The molecule has 2 aliphatic rings. The van der Waals surface area contributed by atoms with Crippen molar-refractivity contribution in [2.24, 2.45) is 5.92 Å². The van der Waals surface area contributed by atoms with Crippen molar-refractivity contribution in [1.82, 2.24) is 19.5 Å². The summed E-state index contributed by atoms with van der Waals surface area (Å²) >= 11 is 0. The van der Waals surface area contributed by atoms with Gasteiger partial charge in [-0.15, -0.1) is 0 Å². The number of rotatable bonds is 6. The third-order valence-electron chi connectivity index (χ3n) is 6.76. The second kappa shape index (κ2) is 10.4. The molecule has 3 heterocycles. The van der Waals surface area contributed by atoms with E-state index in [2.05, 4.69) is 27.1 Å². The number of carbonyl (C=O) groups is 1. The molecule has 0 aliphatic carbocycles. The molecule has 0 spiro atoms. The molecular formula is C24H32FN5O3S. The molecule has 2 aliphatic heterocycles. The predicted octanol–water partition coefficient (Wildman–Crippen LogP) is 2.25. The summed E-state index contributed by atoms with van der Waals surface area (Å²) in [6, 6.07) is 7.51. The molecule has 1 unspecified atom stereocenters. The minimum Gasteiger partial charge on any atom is -0.369 e. The lowest BCUT2D eigenvalue weighted by Gasteiger charge is -2.36. The number of pyridine rings is 1. The Morgan fingerprint density at radius 1 is 1.12 bits per heavy atom. The molecule has 184 valence electrons. The van der Waals surface area contributed by atoms with Crippen LogP contribution in [0.25, 0.3) is 0 Å². The number of sulfonamides is 1. The number of halogens is 1. The molecule has 0 radical (unpaired) electrons. The van der Waals surface area contributed by atoms with Crippen LogP contribution in [0.3, 0.4) is 0 Å². The van der Waals surface area contributed by atoms with E-state index in [9.17, 15) is 17.6 Å². The fourth-order valence-corrected chi connectivity index (χ4v) is 6.06. The Bertz CT molecular complexity index is 1100. The highest BCUT2D eigenvalue weighted by Crippen LogP contribution is 2.30. The smallest absolute Gasteiger partial charge is 0.244 e. The minimum atomic E-state index is -3.62. The average Bonchev–Trinajstić information content (AvgIpc) is 2.85. The van der Waals surface area contributed by atoms with Gasteiger partial charge in [0.1, 0.15) is 10.7 Å². The van der Waals surface area contributed by atoms with Crippen LogP contribution in [-0.2, 0) is 14.8 Å². The summed E-state index contributed by atoms with van der Waals surface area (Å²) in [7, 11) is -1.53. The Morgan fingerprint density at radius 3 is 2.47 bits per heavy atom. The molecule has 2 fully saturated rings. The molecule has 1 amide bonds. The standard InChI is InChI=1S/C24H32FN5O3S/c1-18(22-16-20(25)5-6-23(22)29-14-12-28(2)13-15-29)27-24(31)19-7-10-30(11-8-19)34(32,33)21-4-3-9-26-17-21/h3-6,9,16-19H,7-8,10-15H2,1-2H3,(H,27,31). The molecule has 0 saturated carbocycles. The van der Waals surface area contributed by atoms with E-state index >= 15 is 0 Å². The van der Waals surface area contributed by atoms with Crippen molar-refractivity contribution in [3.63, 3.8) is 0 Å². The summed E-state index contributed by atoms with van der Waals surface area (Å²) in [6.07, 6.45) is 3.75. The van der Waals surface area contributed by atoms with Gasteiger partial charge in [-0.3, -0.25) is 9.78 Å². The highest BCUT2D eigenvalue weighted by atomic mass is 32.2. The minimum absolute atomic E-state index is 0.125. The first kappa shape index (κ1) is 24.6. The van der Waals surface area contributed by atoms with Gasteiger partial charge in [0.25, 0.3) is 0 Å². The second-order valence-electron chi connectivity index (χ2n) is 9.09. The van der Waals surface area contributed by atoms with Gasteiger partial charge in [-0.2, -0.15) is 4.31 Å². The van der Waals surface area contributed by atoms with E-state index in [1.54, 1.807) is 12.1 Å². The van der Waals surface area contributed by atoms with Crippen LogP contribution in [0.1, 0.15) is 31.4 Å². The van der Waals surface area contributed by atoms with E-state index in [1.807, 2.05) is 6.92 Å². The van der Waals surface area contributed by atoms with Gasteiger partial charge in [0.2, 0.25) is 15.9 Å². The van der Waals surface area contributed by atoms with Gasteiger partial charge in [0.05, 0.1) is 6.04 Å². The van der Waals surface area contributed by atoms with Crippen LogP contribution in [0.2, 0.25) is 0 Å². The van der Waals surface area contributed by atoms with Gasteiger partial charge in [-0.1, -0.05) is 0 Å². The van der Waals surface area contributed by atoms with Gasteiger partial charge in [-0.05, 0) is 57.1 Å². The third kappa shape index (κ3) is 5.39. The van der Waals surface area contributed by atoms with Crippen LogP contribution in [0.15, 0.2) is 47.6 Å². The van der Waals surface area contributed by atoms with Gasteiger partial charge < -0.3 is 15.1 Å². The molecule has 1 N–H and O–H groups in total. The number of hydrogen-bond acceptors (Lipinski definition) is 6. The number of nitrogens with zero attached hydrogens (tertiary/aromatic N) is 4. The SMILES string of the molecule is CC(NC(=O)C1CCN(S(=O)(=O)c2cccnc2)CC1)c1cc(F)ccc1N1CCN(C)CC1. The molecule has 34 heavy (non-hydrogen) atoms. The van der Waals surface area contributed by atoms with Crippen LogP contribution in [0.5, 0.6) is 0 Å². The molecular weight excluding hydrogens is 457 g/mol.